The summed E-state index contributed by atoms with van der Waals surface area (Å²) in [6.07, 6.45) is 1.83. The first-order valence-electron chi connectivity index (χ1n) is 4.96. The summed E-state index contributed by atoms with van der Waals surface area (Å²) in [7, 11) is 0. The fourth-order valence-corrected chi connectivity index (χ4v) is 2.19. The van der Waals surface area contributed by atoms with Crippen molar-refractivity contribution in [2.24, 2.45) is 0 Å². The second-order valence-corrected chi connectivity index (χ2v) is 4.53. The quantitative estimate of drug-likeness (QED) is 0.846. The molecule has 0 saturated heterocycles. The van der Waals surface area contributed by atoms with Gasteiger partial charge in [0.2, 0.25) is 0 Å². The lowest BCUT2D eigenvalue weighted by Gasteiger charge is -2.01. The molecule has 4 nitrogen and oxygen atoms in total. The highest BCUT2D eigenvalue weighted by Crippen LogP contribution is 2.13. The molecule has 2 heterocycles. The number of aromatic nitrogens is 2. The van der Waals surface area contributed by atoms with Crippen molar-refractivity contribution in [1.29, 1.82) is 5.26 Å². The van der Waals surface area contributed by atoms with Crippen molar-refractivity contribution >= 4 is 11.3 Å². The molecule has 0 unspecified atom stereocenters. The Morgan fingerprint density at radius 1 is 1.56 bits per heavy atom. The molecule has 0 aliphatic carbocycles. The molecule has 2 aromatic rings. The minimum Gasteiger partial charge on any atom is -0.308 e. The van der Waals surface area contributed by atoms with Crippen LogP contribution in [0, 0.1) is 18.3 Å². The SMILES string of the molecule is Cc1[nH]ncc1CNCc1cc(C#N)cs1. The normalized spacial score (nSPS) is 10.2. The maximum Gasteiger partial charge on any atom is 0.100 e. The maximum absolute atomic E-state index is 8.69. The van der Waals surface area contributed by atoms with Crippen LogP contribution in [-0.4, -0.2) is 10.2 Å². The van der Waals surface area contributed by atoms with Gasteiger partial charge in [0.05, 0.1) is 11.8 Å². The molecule has 82 valence electrons. The van der Waals surface area contributed by atoms with Gasteiger partial charge in [-0.3, -0.25) is 5.10 Å². The Morgan fingerprint density at radius 3 is 3.06 bits per heavy atom. The van der Waals surface area contributed by atoms with Gasteiger partial charge >= 0.3 is 0 Å². The summed E-state index contributed by atoms with van der Waals surface area (Å²) in [5.74, 6) is 0. The largest absolute Gasteiger partial charge is 0.308 e. The summed E-state index contributed by atoms with van der Waals surface area (Å²) in [6, 6.07) is 4.04. The third-order valence-corrected chi connectivity index (χ3v) is 3.27. The Bertz CT molecular complexity index is 506. The molecule has 0 bridgehead atoms. The first kappa shape index (κ1) is 10.9. The van der Waals surface area contributed by atoms with Gasteiger partial charge in [0.1, 0.15) is 6.07 Å². The van der Waals surface area contributed by atoms with Crippen LogP contribution < -0.4 is 5.32 Å². The van der Waals surface area contributed by atoms with Gasteiger partial charge in [-0.2, -0.15) is 10.4 Å². The van der Waals surface area contributed by atoms with E-state index in [1.165, 1.54) is 10.4 Å². The number of nitriles is 1. The summed E-state index contributed by atoms with van der Waals surface area (Å²) < 4.78 is 0. The fraction of sp³-hybridized carbons (Fsp3) is 0.273. The zero-order valence-electron chi connectivity index (χ0n) is 8.95. The van der Waals surface area contributed by atoms with Crippen LogP contribution in [0.2, 0.25) is 0 Å². The van der Waals surface area contributed by atoms with Crippen molar-refractivity contribution in [3.63, 3.8) is 0 Å². The van der Waals surface area contributed by atoms with Crippen LogP contribution >= 0.6 is 11.3 Å². The molecule has 5 heteroatoms. The number of H-pyrrole nitrogens is 1. The molecular weight excluding hydrogens is 220 g/mol. The zero-order valence-corrected chi connectivity index (χ0v) is 9.77. The van der Waals surface area contributed by atoms with E-state index < -0.39 is 0 Å². The van der Waals surface area contributed by atoms with Gasteiger partial charge in [-0.15, -0.1) is 11.3 Å². The lowest BCUT2D eigenvalue weighted by Crippen LogP contribution is -2.11. The topological polar surface area (TPSA) is 64.5 Å². The van der Waals surface area contributed by atoms with Crippen molar-refractivity contribution in [2.75, 3.05) is 0 Å². The van der Waals surface area contributed by atoms with E-state index in [-0.39, 0.29) is 0 Å². The third kappa shape index (κ3) is 2.48. The first-order chi connectivity index (χ1) is 7.79. The van der Waals surface area contributed by atoms with Crippen molar-refractivity contribution in [3.8, 4) is 6.07 Å². The van der Waals surface area contributed by atoms with E-state index in [1.54, 1.807) is 11.3 Å². The van der Waals surface area contributed by atoms with Gasteiger partial charge in [-0.05, 0) is 13.0 Å². The van der Waals surface area contributed by atoms with Crippen molar-refractivity contribution in [3.05, 3.63) is 39.3 Å². The van der Waals surface area contributed by atoms with Crippen LogP contribution in [0.25, 0.3) is 0 Å². The van der Waals surface area contributed by atoms with Crippen LogP contribution in [0.5, 0.6) is 0 Å². The summed E-state index contributed by atoms with van der Waals surface area (Å²) in [6.45, 7) is 3.59. The van der Waals surface area contributed by atoms with Crippen LogP contribution in [0.3, 0.4) is 0 Å². The van der Waals surface area contributed by atoms with E-state index >= 15 is 0 Å². The number of nitrogens with zero attached hydrogens (tertiary/aromatic N) is 2. The summed E-state index contributed by atoms with van der Waals surface area (Å²) >= 11 is 1.61. The molecule has 0 aromatic carbocycles. The Kier molecular flexibility index (Phi) is 3.34. The maximum atomic E-state index is 8.69. The number of thiophene rings is 1. The molecule has 0 aliphatic heterocycles. The molecule has 0 aliphatic rings. The number of nitrogens with one attached hydrogen (secondary N) is 2. The van der Waals surface area contributed by atoms with Crippen molar-refractivity contribution < 1.29 is 0 Å². The second kappa shape index (κ2) is 4.92. The van der Waals surface area contributed by atoms with Crippen LogP contribution in [0.1, 0.15) is 21.7 Å². The standard InChI is InChI=1S/C11H12N4S/c1-8-10(5-14-15-8)4-13-6-11-2-9(3-12)7-16-11/h2,5,7,13H,4,6H2,1H3,(H,14,15). The number of rotatable bonds is 4. The van der Waals surface area contributed by atoms with E-state index in [1.807, 2.05) is 24.6 Å². The summed E-state index contributed by atoms with van der Waals surface area (Å²) in [5, 5.41) is 20.7. The molecule has 16 heavy (non-hydrogen) atoms. The predicted molar refractivity (Wildman–Crippen MR) is 62.9 cm³/mol. The van der Waals surface area contributed by atoms with Crippen LogP contribution in [0.4, 0.5) is 0 Å². The molecule has 2 rings (SSSR count). The lowest BCUT2D eigenvalue weighted by atomic mass is 10.2. The number of aryl methyl sites for hydroxylation is 1. The Labute approximate surface area is 97.9 Å². The van der Waals surface area contributed by atoms with Gasteiger partial charge in [-0.25, -0.2) is 0 Å². The highest BCUT2D eigenvalue weighted by atomic mass is 32.1. The van der Waals surface area contributed by atoms with Crippen molar-refractivity contribution in [1.82, 2.24) is 15.5 Å². The minimum atomic E-state index is 0.737. The van der Waals surface area contributed by atoms with E-state index in [0.29, 0.717) is 0 Å². The summed E-state index contributed by atoms with van der Waals surface area (Å²) in [5.41, 5.74) is 3.01. The molecule has 0 spiro atoms. The highest BCUT2D eigenvalue weighted by molar-refractivity contribution is 7.10. The van der Waals surface area contributed by atoms with Crippen molar-refractivity contribution in [2.45, 2.75) is 20.0 Å². The van der Waals surface area contributed by atoms with Crippen LogP contribution in [-0.2, 0) is 13.1 Å². The number of aromatic amines is 1. The molecule has 0 saturated carbocycles. The molecule has 0 fully saturated rings. The molecule has 0 radical (unpaired) electrons. The summed E-state index contributed by atoms with van der Waals surface area (Å²) in [4.78, 5) is 1.18. The Morgan fingerprint density at radius 2 is 2.44 bits per heavy atom. The smallest absolute Gasteiger partial charge is 0.100 e. The molecule has 0 atom stereocenters. The average Bonchev–Trinajstić information content (AvgIpc) is 2.89. The van der Waals surface area contributed by atoms with Crippen LogP contribution in [0.15, 0.2) is 17.6 Å². The third-order valence-electron chi connectivity index (χ3n) is 2.33. The predicted octanol–water partition coefficient (Wildman–Crippen LogP) is 1.94. The van der Waals surface area contributed by atoms with E-state index in [9.17, 15) is 0 Å². The molecule has 2 N–H and O–H groups in total. The van der Waals surface area contributed by atoms with Gasteiger partial charge in [0.25, 0.3) is 0 Å². The Balaban J connectivity index is 1.85. The van der Waals surface area contributed by atoms with Gasteiger partial charge in [-0.1, -0.05) is 0 Å². The van der Waals surface area contributed by atoms with E-state index in [4.69, 9.17) is 5.26 Å². The monoisotopic (exact) mass is 232 g/mol. The van der Waals surface area contributed by atoms with E-state index in [0.717, 1.165) is 24.3 Å². The second-order valence-electron chi connectivity index (χ2n) is 3.54. The first-order valence-corrected chi connectivity index (χ1v) is 5.84. The van der Waals surface area contributed by atoms with Gasteiger partial charge < -0.3 is 5.32 Å². The number of hydrogen-bond acceptors (Lipinski definition) is 4. The molecule has 0 amide bonds. The average molecular weight is 232 g/mol. The van der Waals surface area contributed by atoms with E-state index in [2.05, 4.69) is 21.6 Å². The highest BCUT2D eigenvalue weighted by Gasteiger charge is 2.01. The van der Waals surface area contributed by atoms with Gasteiger partial charge in [0.15, 0.2) is 0 Å². The Hall–Kier alpha value is -1.64. The zero-order chi connectivity index (χ0) is 11.4. The molecule has 2 aromatic heterocycles. The fourth-order valence-electron chi connectivity index (χ4n) is 1.41. The molecular formula is C11H12N4S. The lowest BCUT2D eigenvalue weighted by molar-refractivity contribution is 0.698. The number of hydrogen-bond donors (Lipinski definition) is 2. The minimum absolute atomic E-state index is 0.737. The van der Waals surface area contributed by atoms with Gasteiger partial charge in [0, 0.05) is 34.6 Å².